The van der Waals surface area contributed by atoms with Crippen LogP contribution < -0.4 is 0 Å². The zero-order chi connectivity index (χ0) is 21.5. The molecule has 0 fully saturated rings. The molecule has 0 bridgehead atoms. The molecular weight excluding hydrogens is 386 g/mol. The lowest BCUT2D eigenvalue weighted by Crippen LogP contribution is -2.42. The molecule has 3 rings (SSSR count). The van der Waals surface area contributed by atoms with Crippen LogP contribution in [0.25, 0.3) is 0 Å². The Morgan fingerprint density at radius 3 is 2.43 bits per heavy atom. The van der Waals surface area contributed by atoms with Crippen molar-refractivity contribution < 1.29 is 19.9 Å². The van der Waals surface area contributed by atoms with Crippen LogP contribution in [0.2, 0.25) is 0 Å². The van der Waals surface area contributed by atoms with Crippen LogP contribution in [0.4, 0.5) is 5.69 Å². The summed E-state index contributed by atoms with van der Waals surface area (Å²) in [4.78, 5) is 28.7. The average molecular weight is 407 g/mol. The maximum atomic E-state index is 12.2. The van der Waals surface area contributed by atoms with E-state index in [4.69, 9.17) is 0 Å². The third kappa shape index (κ3) is 5.39. The molecule has 2 N–H and O–H groups in total. The molecule has 0 saturated heterocycles. The summed E-state index contributed by atoms with van der Waals surface area (Å²) in [5.74, 6) is -1.16. The van der Waals surface area contributed by atoms with E-state index in [0.29, 0.717) is 5.69 Å². The van der Waals surface area contributed by atoms with E-state index in [1.54, 1.807) is 29.3 Å². The van der Waals surface area contributed by atoms with Crippen molar-refractivity contribution in [1.82, 2.24) is 9.88 Å². The number of carboxylic acids is 1. The van der Waals surface area contributed by atoms with E-state index in [1.807, 2.05) is 30.3 Å². The van der Waals surface area contributed by atoms with Crippen LogP contribution in [-0.4, -0.2) is 37.0 Å². The van der Waals surface area contributed by atoms with Gasteiger partial charge in [-0.3, -0.25) is 24.8 Å². The van der Waals surface area contributed by atoms with Crippen LogP contribution >= 0.6 is 0 Å². The van der Waals surface area contributed by atoms with Crippen molar-refractivity contribution in [2.24, 2.45) is 0 Å². The monoisotopic (exact) mass is 407 g/mol. The molecule has 1 atom stereocenters. The summed E-state index contributed by atoms with van der Waals surface area (Å²) in [6.45, 7) is 0.209. The summed E-state index contributed by atoms with van der Waals surface area (Å²) in [7, 11) is 0. The van der Waals surface area contributed by atoms with E-state index < -0.39 is 16.9 Å². The van der Waals surface area contributed by atoms with Gasteiger partial charge in [0.25, 0.3) is 5.69 Å². The molecule has 8 heteroatoms. The number of nitro benzene ring substituents is 1. The van der Waals surface area contributed by atoms with Crippen molar-refractivity contribution in [1.29, 1.82) is 0 Å². The van der Waals surface area contributed by atoms with E-state index in [9.17, 15) is 25.1 Å². The SMILES string of the molecule is O=C(O)[C@H](Cc1ccccc1)N(Cc1ccccn1)Cc1cc([N+](=O)[O-])ccc1O. The molecule has 0 saturated carbocycles. The van der Waals surface area contributed by atoms with Gasteiger partial charge in [0, 0.05) is 37.0 Å². The molecule has 0 aliphatic rings. The van der Waals surface area contributed by atoms with E-state index in [1.165, 1.54) is 18.2 Å². The van der Waals surface area contributed by atoms with Crippen LogP contribution in [0, 0.1) is 10.1 Å². The highest BCUT2D eigenvalue weighted by atomic mass is 16.6. The summed E-state index contributed by atoms with van der Waals surface area (Å²) in [5.41, 5.74) is 1.61. The fourth-order valence-electron chi connectivity index (χ4n) is 3.22. The number of carbonyl (C=O) groups is 1. The third-order valence-electron chi connectivity index (χ3n) is 4.74. The number of carboxylic acid groups (broad SMARTS) is 1. The van der Waals surface area contributed by atoms with Gasteiger partial charge in [0.15, 0.2) is 0 Å². The predicted molar refractivity (Wildman–Crippen MR) is 110 cm³/mol. The Morgan fingerprint density at radius 2 is 1.80 bits per heavy atom. The maximum Gasteiger partial charge on any atom is 0.321 e. The minimum absolute atomic E-state index is 0.00783. The van der Waals surface area contributed by atoms with Gasteiger partial charge < -0.3 is 10.2 Å². The lowest BCUT2D eigenvalue weighted by Gasteiger charge is -2.29. The highest BCUT2D eigenvalue weighted by molar-refractivity contribution is 5.74. The van der Waals surface area contributed by atoms with E-state index >= 15 is 0 Å². The van der Waals surface area contributed by atoms with Gasteiger partial charge in [-0.25, -0.2) is 0 Å². The number of aromatic nitrogens is 1. The Labute approximate surface area is 173 Å². The minimum Gasteiger partial charge on any atom is -0.508 e. The second-order valence-electron chi connectivity index (χ2n) is 6.84. The van der Waals surface area contributed by atoms with Gasteiger partial charge in [-0.05, 0) is 30.2 Å². The molecule has 3 aromatic rings. The molecule has 2 aromatic carbocycles. The Bertz CT molecular complexity index is 1010. The number of hydrogen-bond donors (Lipinski definition) is 2. The number of aliphatic carboxylic acids is 1. The van der Waals surface area contributed by atoms with Gasteiger partial charge in [-0.15, -0.1) is 0 Å². The number of phenolic OH excluding ortho intramolecular Hbond substituents is 1. The first-order valence-electron chi connectivity index (χ1n) is 9.31. The molecule has 30 heavy (non-hydrogen) atoms. The van der Waals surface area contributed by atoms with Crippen molar-refractivity contribution in [2.45, 2.75) is 25.6 Å². The van der Waals surface area contributed by atoms with Crippen LogP contribution in [0.3, 0.4) is 0 Å². The first-order valence-corrected chi connectivity index (χ1v) is 9.31. The fraction of sp³-hybridized carbons (Fsp3) is 0.182. The van der Waals surface area contributed by atoms with Crippen LogP contribution in [0.15, 0.2) is 72.9 Å². The highest BCUT2D eigenvalue weighted by Crippen LogP contribution is 2.26. The van der Waals surface area contributed by atoms with Crippen molar-refractivity contribution in [2.75, 3.05) is 0 Å². The Kier molecular flexibility index (Phi) is 6.71. The summed E-state index contributed by atoms with van der Waals surface area (Å²) in [6.07, 6.45) is 1.85. The van der Waals surface area contributed by atoms with Crippen molar-refractivity contribution in [3.05, 3.63) is 99.9 Å². The minimum atomic E-state index is -1.03. The lowest BCUT2D eigenvalue weighted by molar-refractivity contribution is -0.385. The Balaban J connectivity index is 1.95. The van der Waals surface area contributed by atoms with Crippen LogP contribution in [0.5, 0.6) is 5.75 Å². The molecule has 0 spiro atoms. The number of pyridine rings is 1. The van der Waals surface area contributed by atoms with E-state index in [0.717, 1.165) is 5.56 Å². The molecule has 154 valence electrons. The van der Waals surface area contributed by atoms with Gasteiger partial charge in [-0.2, -0.15) is 0 Å². The maximum absolute atomic E-state index is 12.2. The molecule has 8 nitrogen and oxygen atoms in total. The summed E-state index contributed by atoms with van der Waals surface area (Å²) in [5, 5.41) is 31.3. The van der Waals surface area contributed by atoms with Gasteiger partial charge in [-0.1, -0.05) is 36.4 Å². The Morgan fingerprint density at radius 1 is 1.07 bits per heavy atom. The number of benzene rings is 2. The van der Waals surface area contributed by atoms with Gasteiger partial charge >= 0.3 is 5.97 Å². The molecule has 0 aliphatic heterocycles. The standard InChI is InChI=1S/C22H21N3O5/c26-21-10-9-19(25(29)30)13-17(21)14-24(15-18-8-4-5-11-23-18)20(22(27)28)12-16-6-2-1-3-7-16/h1-11,13,20,26H,12,14-15H2,(H,27,28)/t20-/m0/s1. The summed E-state index contributed by atoms with van der Waals surface area (Å²) in [6, 6.07) is 17.4. The number of hydrogen-bond acceptors (Lipinski definition) is 6. The fourth-order valence-corrected chi connectivity index (χ4v) is 3.22. The first kappa shape index (κ1) is 20.9. The lowest BCUT2D eigenvalue weighted by atomic mass is 10.0. The smallest absolute Gasteiger partial charge is 0.321 e. The van der Waals surface area contributed by atoms with Gasteiger partial charge in [0.2, 0.25) is 0 Å². The summed E-state index contributed by atoms with van der Waals surface area (Å²) >= 11 is 0. The predicted octanol–water partition coefficient (Wildman–Crippen LogP) is 3.39. The second-order valence-corrected chi connectivity index (χ2v) is 6.84. The largest absolute Gasteiger partial charge is 0.508 e. The third-order valence-corrected chi connectivity index (χ3v) is 4.74. The van der Waals surface area contributed by atoms with Crippen LogP contribution in [0.1, 0.15) is 16.8 Å². The molecule has 0 aliphatic carbocycles. The number of non-ortho nitro benzene ring substituents is 1. The van der Waals surface area contributed by atoms with Crippen molar-refractivity contribution in [3.8, 4) is 5.75 Å². The van der Waals surface area contributed by atoms with Gasteiger partial charge in [0.05, 0.1) is 10.6 Å². The average Bonchev–Trinajstić information content (AvgIpc) is 2.74. The van der Waals surface area contributed by atoms with Crippen LogP contribution in [-0.2, 0) is 24.3 Å². The molecule has 1 aromatic heterocycles. The topological polar surface area (TPSA) is 117 Å². The number of nitro groups is 1. The molecule has 1 heterocycles. The molecule has 0 amide bonds. The number of aromatic hydroxyl groups is 1. The number of rotatable bonds is 9. The first-order chi connectivity index (χ1) is 14.4. The second kappa shape index (κ2) is 9.62. The highest BCUT2D eigenvalue weighted by Gasteiger charge is 2.28. The quantitative estimate of drug-likeness (QED) is 0.412. The Hall–Kier alpha value is -3.78. The number of phenols is 1. The van der Waals surface area contributed by atoms with Crippen molar-refractivity contribution in [3.63, 3.8) is 0 Å². The zero-order valence-corrected chi connectivity index (χ0v) is 16.1. The summed E-state index contributed by atoms with van der Waals surface area (Å²) < 4.78 is 0. The normalized spacial score (nSPS) is 11.9. The van der Waals surface area contributed by atoms with Crippen molar-refractivity contribution >= 4 is 11.7 Å². The van der Waals surface area contributed by atoms with E-state index in [-0.39, 0.29) is 36.5 Å². The molecule has 0 radical (unpaired) electrons. The molecular formula is C22H21N3O5. The van der Waals surface area contributed by atoms with Gasteiger partial charge in [0.1, 0.15) is 11.8 Å². The number of nitrogens with zero attached hydrogens (tertiary/aromatic N) is 3. The van der Waals surface area contributed by atoms with E-state index in [2.05, 4.69) is 4.98 Å². The molecule has 0 unspecified atom stereocenters. The zero-order valence-electron chi connectivity index (χ0n) is 16.1.